The highest BCUT2D eigenvalue weighted by Crippen LogP contribution is 2.40. The van der Waals surface area contributed by atoms with Crippen LogP contribution in [0, 0.1) is 0 Å². The molecule has 29 heavy (non-hydrogen) atoms. The zero-order chi connectivity index (χ0) is 20.1. The van der Waals surface area contributed by atoms with Crippen LogP contribution in [0.25, 0.3) is 0 Å². The van der Waals surface area contributed by atoms with Gasteiger partial charge in [0.25, 0.3) is 0 Å². The van der Waals surface area contributed by atoms with E-state index in [9.17, 15) is 4.79 Å². The molecule has 2 nitrogen and oxygen atoms in total. The average Bonchev–Trinajstić information content (AvgIpc) is 2.78. The van der Waals surface area contributed by atoms with E-state index >= 15 is 0 Å². The Kier molecular flexibility index (Phi) is 5.46. The Labute approximate surface area is 175 Å². The molecule has 0 aromatic heterocycles. The molecule has 0 aliphatic heterocycles. The fourth-order valence-corrected chi connectivity index (χ4v) is 3.92. The van der Waals surface area contributed by atoms with Gasteiger partial charge >= 0.3 is 0 Å². The monoisotopic (exact) mass is 397 g/mol. The maximum Gasteiger partial charge on any atom is 0.244 e. The van der Waals surface area contributed by atoms with Crippen molar-refractivity contribution in [1.82, 2.24) is 0 Å². The molecule has 1 amide bonds. The molecule has 4 aromatic carbocycles. The van der Waals surface area contributed by atoms with Crippen molar-refractivity contribution in [2.45, 2.75) is 5.41 Å². The Morgan fingerprint density at radius 2 is 0.966 bits per heavy atom. The van der Waals surface area contributed by atoms with Crippen LogP contribution in [0.1, 0.15) is 16.7 Å². The normalized spacial score (nSPS) is 11.1. The summed E-state index contributed by atoms with van der Waals surface area (Å²) in [5.74, 6) is -0.158. The minimum atomic E-state index is -1.02. The van der Waals surface area contributed by atoms with Gasteiger partial charge in [-0.25, -0.2) is 0 Å². The predicted molar refractivity (Wildman–Crippen MR) is 119 cm³/mol. The van der Waals surface area contributed by atoms with E-state index in [0.29, 0.717) is 10.7 Å². The van der Waals surface area contributed by atoms with E-state index in [2.05, 4.69) is 5.32 Å². The number of hydrogen-bond acceptors (Lipinski definition) is 1. The van der Waals surface area contributed by atoms with Crippen LogP contribution in [0.15, 0.2) is 115 Å². The molecule has 1 N–H and O–H groups in total. The lowest BCUT2D eigenvalue weighted by molar-refractivity contribution is -0.119. The average molecular weight is 398 g/mol. The number of halogens is 1. The van der Waals surface area contributed by atoms with Crippen molar-refractivity contribution in [3.05, 3.63) is 137 Å². The Morgan fingerprint density at radius 3 is 1.38 bits per heavy atom. The number of carbonyl (C=O) groups is 1. The van der Waals surface area contributed by atoms with Crippen molar-refractivity contribution >= 4 is 23.2 Å². The van der Waals surface area contributed by atoms with E-state index < -0.39 is 5.41 Å². The van der Waals surface area contributed by atoms with Crippen molar-refractivity contribution < 1.29 is 4.79 Å². The third-order valence-corrected chi connectivity index (χ3v) is 5.41. The van der Waals surface area contributed by atoms with Gasteiger partial charge in [0, 0.05) is 0 Å². The van der Waals surface area contributed by atoms with E-state index in [1.165, 1.54) is 0 Å². The quantitative estimate of drug-likeness (QED) is 0.392. The largest absolute Gasteiger partial charge is 0.323 e. The lowest BCUT2D eigenvalue weighted by Crippen LogP contribution is -2.42. The molecule has 0 atom stereocenters. The Bertz CT molecular complexity index is 998. The number of anilines is 1. The van der Waals surface area contributed by atoms with Crippen molar-refractivity contribution in [2.24, 2.45) is 0 Å². The molecule has 0 saturated carbocycles. The van der Waals surface area contributed by atoms with Crippen LogP contribution >= 0.6 is 11.6 Å². The van der Waals surface area contributed by atoms with Gasteiger partial charge in [-0.3, -0.25) is 4.79 Å². The molecule has 4 rings (SSSR count). The first-order chi connectivity index (χ1) is 14.2. The standard InChI is InChI=1S/C26H20ClNO/c27-23-18-10-11-19-24(23)28-25(29)26(20-12-4-1-5-13-20,21-14-6-2-7-15-21)22-16-8-3-9-17-22/h1-19H,(H,28,29). The highest BCUT2D eigenvalue weighted by molar-refractivity contribution is 6.33. The molecule has 0 radical (unpaired) electrons. The van der Waals surface area contributed by atoms with Gasteiger partial charge in [0.1, 0.15) is 5.41 Å². The van der Waals surface area contributed by atoms with Crippen molar-refractivity contribution in [2.75, 3.05) is 5.32 Å². The molecule has 0 bridgehead atoms. The number of rotatable bonds is 5. The van der Waals surface area contributed by atoms with Gasteiger partial charge in [0.15, 0.2) is 0 Å². The second-order valence-corrected chi connectivity index (χ2v) is 7.19. The number of hydrogen-bond donors (Lipinski definition) is 1. The second kappa shape index (κ2) is 8.34. The summed E-state index contributed by atoms with van der Waals surface area (Å²) >= 11 is 6.34. The van der Waals surface area contributed by atoms with Gasteiger partial charge in [-0.15, -0.1) is 0 Å². The SMILES string of the molecule is O=C(Nc1ccccc1Cl)C(c1ccccc1)(c1ccccc1)c1ccccc1. The van der Waals surface area contributed by atoms with Crippen molar-refractivity contribution in [1.29, 1.82) is 0 Å². The molecular formula is C26H20ClNO. The molecule has 142 valence electrons. The maximum absolute atomic E-state index is 14.0. The number of carbonyl (C=O) groups excluding carboxylic acids is 1. The lowest BCUT2D eigenvalue weighted by atomic mass is 9.68. The molecule has 0 spiro atoms. The third-order valence-electron chi connectivity index (χ3n) is 5.08. The summed E-state index contributed by atoms with van der Waals surface area (Å²) in [5.41, 5.74) is 2.24. The van der Waals surface area contributed by atoms with Crippen LogP contribution in [0.2, 0.25) is 5.02 Å². The zero-order valence-corrected chi connectivity index (χ0v) is 16.5. The molecule has 4 aromatic rings. The van der Waals surface area contributed by atoms with Crippen LogP contribution in [0.3, 0.4) is 0 Å². The van der Waals surface area contributed by atoms with E-state index in [-0.39, 0.29) is 5.91 Å². The minimum absolute atomic E-state index is 0.158. The Morgan fingerprint density at radius 1 is 0.586 bits per heavy atom. The number of para-hydroxylation sites is 1. The van der Waals surface area contributed by atoms with Crippen LogP contribution in [-0.4, -0.2) is 5.91 Å². The summed E-state index contributed by atoms with van der Waals surface area (Å²) in [5, 5.41) is 3.58. The topological polar surface area (TPSA) is 29.1 Å². The van der Waals surface area contributed by atoms with E-state index in [4.69, 9.17) is 11.6 Å². The molecule has 3 heteroatoms. The van der Waals surface area contributed by atoms with Crippen LogP contribution in [0.4, 0.5) is 5.69 Å². The number of benzene rings is 4. The third kappa shape index (κ3) is 3.55. The second-order valence-electron chi connectivity index (χ2n) is 6.78. The van der Waals surface area contributed by atoms with Gasteiger partial charge in [0.05, 0.1) is 10.7 Å². The summed E-state index contributed by atoms with van der Waals surface area (Å²) < 4.78 is 0. The summed E-state index contributed by atoms with van der Waals surface area (Å²) in [6.07, 6.45) is 0. The van der Waals surface area contributed by atoms with Gasteiger partial charge in [-0.2, -0.15) is 0 Å². The predicted octanol–water partition coefficient (Wildman–Crippen LogP) is 6.31. The van der Waals surface area contributed by atoms with E-state index in [1.54, 1.807) is 6.07 Å². The fourth-order valence-electron chi connectivity index (χ4n) is 3.74. The van der Waals surface area contributed by atoms with E-state index in [0.717, 1.165) is 16.7 Å². The van der Waals surface area contributed by atoms with Crippen molar-refractivity contribution in [3.8, 4) is 0 Å². The molecule has 0 heterocycles. The summed E-state index contributed by atoms with van der Waals surface area (Å²) in [6, 6.07) is 36.8. The first-order valence-corrected chi connectivity index (χ1v) is 9.83. The summed E-state index contributed by atoms with van der Waals surface area (Å²) in [6.45, 7) is 0. The lowest BCUT2D eigenvalue weighted by Gasteiger charge is -2.34. The molecule has 0 aliphatic rings. The maximum atomic E-state index is 14.0. The first-order valence-electron chi connectivity index (χ1n) is 9.45. The Balaban J connectivity index is 1.97. The van der Waals surface area contributed by atoms with Crippen LogP contribution in [-0.2, 0) is 10.2 Å². The summed E-state index contributed by atoms with van der Waals surface area (Å²) in [7, 11) is 0. The highest BCUT2D eigenvalue weighted by atomic mass is 35.5. The number of nitrogens with one attached hydrogen (secondary N) is 1. The molecule has 0 aliphatic carbocycles. The molecule has 0 fully saturated rings. The van der Waals surface area contributed by atoms with Crippen molar-refractivity contribution in [3.63, 3.8) is 0 Å². The highest BCUT2D eigenvalue weighted by Gasteiger charge is 2.43. The molecule has 0 saturated heterocycles. The smallest absolute Gasteiger partial charge is 0.244 e. The van der Waals surface area contributed by atoms with E-state index in [1.807, 2.05) is 109 Å². The van der Waals surface area contributed by atoms with Gasteiger partial charge < -0.3 is 5.32 Å². The van der Waals surface area contributed by atoms with Gasteiger partial charge in [-0.05, 0) is 28.8 Å². The first kappa shape index (κ1) is 19.0. The zero-order valence-electron chi connectivity index (χ0n) is 15.8. The van der Waals surface area contributed by atoms with Crippen LogP contribution in [0.5, 0.6) is 0 Å². The number of amides is 1. The minimum Gasteiger partial charge on any atom is -0.323 e. The van der Waals surface area contributed by atoms with Crippen LogP contribution < -0.4 is 5.32 Å². The fraction of sp³-hybridized carbons (Fsp3) is 0.0385. The van der Waals surface area contributed by atoms with Gasteiger partial charge in [-0.1, -0.05) is 115 Å². The molecule has 0 unspecified atom stereocenters. The van der Waals surface area contributed by atoms with Gasteiger partial charge in [0.2, 0.25) is 5.91 Å². The Hall–Kier alpha value is -3.36. The molecular weight excluding hydrogens is 378 g/mol. The summed E-state index contributed by atoms with van der Waals surface area (Å²) in [4.78, 5) is 14.0.